The molecule has 1 atom stereocenters. The van der Waals surface area contributed by atoms with Crippen molar-refractivity contribution in [3.63, 3.8) is 0 Å². The number of ether oxygens (including phenoxy) is 1. The van der Waals surface area contributed by atoms with Crippen LogP contribution in [0.15, 0.2) is 42.7 Å². The van der Waals surface area contributed by atoms with Gasteiger partial charge in [-0.25, -0.2) is 0 Å². The van der Waals surface area contributed by atoms with Gasteiger partial charge in [-0.3, -0.25) is 14.6 Å². The van der Waals surface area contributed by atoms with Crippen LogP contribution in [-0.4, -0.2) is 23.4 Å². The summed E-state index contributed by atoms with van der Waals surface area (Å²) in [5.41, 5.74) is 1.89. The van der Waals surface area contributed by atoms with Crippen molar-refractivity contribution in [2.75, 3.05) is 11.9 Å². The zero-order chi connectivity index (χ0) is 15.5. The molecule has 0 bridgehead atoms. The molecule has 0 saturated carbocycles. The van der Waals surface area contributed by atoms with Crippen LogP contribution >= 0.6 is 0 Å². The number of nitrogens with zero attached hydrogens (tertiary/aromatic N) is 1. The number of aromatic nitrogens is 1. The maximum absolute atomic E-state index is 12.3. The van der Waals surface area contributed by atoms with E-state index in [1.807, 2.05) is 19.1 Å². The lowest BCUT2D eigenvalue weighted by molar-refractivity contribution is -0.118. The number of anilines is 1. The van der Waals surface area contributed by atoms with Gasteiger partial charge in [0, 0.05) is 18.0 Å². The number of benzene rings is 1. The maximum Gasteiger partial charge on any atom is 0.262 e. The fraction of sp³-hybridized carbons (Fsp3) is 0.188. The first-order valence-corrected chi connectivity index (χ1v) is 6.91. The number of hydrogen-bond acceptors (Lipinski definition) is 4. The van der Waals surface area contributed by atoms with E-state index in [0.717, 1.165) is 5.56 Å². The Balaban J connectivity index is 1.75. The molecule has 1 aliphatic heterocycles. The fourth-order valence-electron chi connectivity index (χ4n) is 2.22. The van der Waals surface area contributed by atoms with Crippen LogP contribution in [0.1, 0.15) is 28.9 Å². The van der Waals surface area contributed by atoms with E-state index in [1.165, 1.54) is 0 Å². The summed E-state index contributed by atoms with van der Waals surface area (Å²) < 4.78 is 5.27. The molecular formula is C16H15N3O3. The number of nitrogens with one attached hydrogen (secondary N) is 2. The highest BCUT2D eigenvalue weighted by molar-refractivity contribution is 5.99. The van der Waals surface area contributed by atoms with Gasteiger partial charge in [0.2, 0.25) is 0 Å². The minimum Gasteiger partial charge on any atom is -0.482 e. The van der Waals surface area contributed by atoms with E-state index in [2.05, 4.69) is 15.6 Å². The number of carbonyl (C=O) groups is 2. The largest absolute Gasteiger partial charge is 0.482 e. The summed E-state index contributed by atoms with van der Waals surface area (Å²) in [7, 11) is 0. The van der Waals surface area contributed by atoms with Crippen molar-refractivity contribution in [1.29, 1.82) is 0 Å². The zero-order valence-electron chi connectivity index (χ0n) is 12.0. The molecule has 6 heteroatoms. The summed E-state index contributed by atoms with van der Waals surface area (Å²) >= 11 is 0. The third-order valence-electron chi connectivity index (χ3n) is 3.41. The topological polar surface area (TPSA) is 80.3 Å². The molecule has 1 unspecified atom stereocenters. The molecule has 2 heterocycles. The van der Waals surface area contributed by atoms with Crippen LogP contribution in [0.5, 0.6) is 5.75 Å². The second kappa shape index (κ2) is 5.85. The molecule has 112 valence electrons. The Bertz CT molecular complexity index is 716. The predicted molar refractivity (Wildman–Crippen MR) is 80.7 cm³/mol. The number of carbonyl (C=O) groups excluding carboxylic acids is 2. The Morgan fingerprint density at radius 1 is 1.41 bits per heavy atom. The Kier molecular flexibility index (Phi) is 3.74. The fourth-order valence-corrected chi connectivity index (χ4v) is 2.22. The van der Waals surface area contributed by atoms with E-state index < -0.39 is 0 Å². The maximum atomic E-state index is 12.3. The number of rotatable bonds is 3. The minimum atomic E-state index is -0.228. The van der Waals surface area contributed by atoms with Gasteiger partial charge >= 0.3 is 0 Å². The van der Waals surface area contributed by atoms with Gasteiger partial charge in [-0.05, 0) is 36.8 Å². The highest BCUT2D eigenvalue weighted by atomic mass is 16.5. The van der Waals surface area contributed by atoms with Crippen LogP contribution in [-0.2, 0) is 4.79 Å². The molecule has 0 fully saturated rings. The Labute approximate surface area is 127 Å². The van der Waals surface area contributed by atoms with Crippen molar-refractivity contribution >= 4 is 17.5 Å². The second-order valence-electron chi connectivity index (χ2n) is 5.03. The number of pyridine rings is 1. The van der Waals surface area contributed by atoms with E-state index in [-0.39, 0.29) is 24.5 Å². The van der Waals surface area contributed by atoms with Gasteiger partial charge in [0.05, 0.1) is 11.7 Å². The molecule has 22 heavy (non-hydrogen) atoms. The minimum absolute atomic E-state index is 0.00339. The van der Waals surface area contributed by atoms with Crippen LogP contribution < -0.4 is 15.4 Å². The van der Waals surface area contributed by atoms with Crippen molar-refractivity contribution in [1.82, 2.24) is 10.3 Å². The van der Waals surface area contributed by atoms with Crippen molar-refractivity contribution in [3.8, 4) is 5.75 Å². The van der Waals surface area contributed by atoms with Crippen molar-refractivity contribution in [2.45, 2.75) is 13.0 Å². The second-order valence-corrected chi connectivity index (χ2v) is 5.03. The third-order valence-corrected chi connectivity index (χ3v) is 3.41. The quantitative estimate of drug-likeness (QED) is 0.906. The average Bonchev–Trinajstić information content (AvgIpc) is 2.54. The molecule has 0 saturated heterocycles. The van der Waals surface area contributed by atoms with Gasteiger partial charge in [-0.2, -0.15) is 0 Å². The molecule has 1 aliphatic rings. The SMILES string of the molecule is CC(NC(=O)c1ccc2c(c1)NC(=O)CO2)c1cccnc1. The molecule has 1 aromatic heterocycles. The van der Waals surface area contributed by atoms with Crippen LogP contribution in [0.3, 0.4) is 0 Å². The predicted octanol–water partition coefficient (Wildman–Crippen LogP) is 1.90. The molecule has 0 aliphatic carbocycles. The third kappa shape index (κ3) is 2.90. The number of hydrogen-bond donors (Lipinski definition) is 2. The number of amides is 2. The van der Waals surface area contributed by atoms with Crippen LogP contribution in [0, 0.1) is 0 Å². The van der Waals surface area contributed by atoms with Gasteiger partial charge in [0.1, 0.15) is 5.75 Å². The summed E-state index contributed by atoms with van der Waals surface area (Å²) in [6, 6.07) is 8.52. The van der Waals surface area contributed by atoms with Gasteiger partial charge in [-0.15, -0.1) is 0 Å². The Morgan fingerprint density at radius 3 is 3.05 bits per heavy atom. The molecule has 6 nitrogen and oxygen atoms in total. The van der Waals surface area contributed by atoms with Crippen molar-refractivity contribution < 1.29 is 14.3 Å². The van der Waals surface area contributed by atoms with Crippen LogP contribution in [0.2, 0.25) is 0 Å². The van der Waals surface area contributed by atoms with E-state index in [1.54, 1.807) is 30.6 Å². The normalized spacial score (nSPS) is 14.3. The van der Waals surface area contributed by atoms with Gasteiger partial charge in [0.15, 0.2) is 6.61 Å². The Morgan fingerprint density at radius 2 is 2.27 bits per heavy atom. The molecular weight excluding hydrogens is 282 g/mol. The lowest BCUT2D eigenvalue weighted by Gasteiger charge is -2.19. The van der Waals surface area contributed by atoms with Gasteiger partial charge < -0.3 is 15.4 Å². The standard InChI is InChI=1S/C16H15N3O3/c1-10(12-3-2-6-17-8-12)18-16(21)11-4-5-14-13(7-11)19-15(20)9-22-14/h2-8,10H,9H2,1H3,(H,18,21)(H,19,20). The molecule has 0 spiro atoms. The zero-order valence-corrected chi connectivity index (χ0v) is 12.0. The summed E-state index contributed by atoms with van der Waals surface area (Å²) in [6.07, 6.45) is 3.40. The molecule has 2 N–H and O–H groups in total. The van der Waals surface area contributed by atoms with E-state index >= 15 is 0 Å². The van der Waals surface area contributed by atoms with Crippen molar-refractivity contribution in [2.24, 2.45) is 0 Å². The molecule has 2 amide bonds. The average molecular weight is 297 g/mol. The summed E-state index contributed by atoms with van der Waals surface area (Å²) in [5, 5.41) is 5.58. The van der Waals surface area contributed by atoms with E-state index in [0.29, 0.717) is 17.0 Å². The van der Waals surface area contributed by atoms with Crippen LogP contribution in [0.25, 0.3) is 0 Å². The summed E-state index contributed by atoms with van der Waals surface area (Å²) in [4.78, 5) is 27.7. The van der Waals surface area contributed by atoms with Crippen molar-refractivity contribution in [3.05, 3.63) is 53.9 Å². The first kappa shape index (κ1) is 14.1. The lowest BCUT2D eigenvalue weighted by atomic mass is 10.1. The molecule has 2 aromatic rings. The Hall–Kier alpha value is -2.89. The first-order chi connectivity index (χ1) is 10.6. The molecule has 1 aromatic carbocycles. The molecule has 3 rings (SSSR count). The molecule has 0 radical (unpaired) electrons. The monoisotopic (exact) mass is 297 g/mol. The first-order valence-electron chi connectivity index (χ1n) is 6.91. The van der Waals surface area contributed by atoms with E-state index in [4.69, 9.17) is 4.74 Å². The number of fused-ring (bicyclic) bond motifs is 1. The van der Waals surface area contributed by atoms with Gasteiger partial charge in [0.25, 0.3) is 11.8 Å². The summed E-state index contributed by atoms with van der Waals surface area (Å²) in [6.45, 7) is 1.88. The smallest absolute Gasteiger partial charge is 0.262 e. The van der Waals surface area contributed by atoms with Crippen LogP contribution in [0.4, 0.5) is 5.69 Å². The van der Waals surface area contributed by atoms with Gasteiger partial charge in [-0.1, -0.05) is 6.07 Å². The highest BCUT2D eigenvalue weighted by Crippen LogP contribution is 2.28. The lowest BCUT2D eigenvalue weighted by Crippen LogP contribution is -2.28. The highest BCUT2D eigenvalue weighted by Gasteiger charge is 2.18. The van der Waals surface area contributed by atoms with E-state index in [9.17, 15) is 9.59 Å². The summed E-state index contributed by atoms with van der Waals surface area (Å²) in [5.74, 6) is 0.115.